The molecule has 0 aliphatic rings. The first-order chi connectivity index (χ1) is 11.5. The molecule has 6 heteroatoms. The van der Waals surface area contributed by atoms with Crippen molar-refractivity contribution < 1.29 is 22.7 Å². The van der Waals surface area contributed by atoms with E-state index in [9.17, 15) is 13.6 Å². The van der Waals surface area contributed by atoms with Crippen LogP contribution in [0.25, 0.3) is 22.3 Å². The lowest BCUT2D eigenvalue weighted by molar-refractivity contribution is 0.0601. The van der Waals surface area contributed by atoms with Crippen LogP contribution in [0, 0.1) is 11.6 Å². The molecule has 1 N–H and O–H groups in total. The summed E-state index contributed by atoms with van der Waals surface area (Å²) in [5.41, 5.74) is 1.22. The van der Waals surface area contributed by atoms with Crippen LogP contribution in [0.4, 0.5) is 8.78 Å². The molecule has 0 aliphatic heterocycles. The predicted octanol–water partition coefficient (Wildman–Crippen LogP) is 3.88. The maximum atomic E-state index is 14.1. The summed E-state index contributed by atoms with van der Waals surface area (Å²) in [6, 6.07) is 8.58. The highest BCUT2D eigenvalue weighted by Gasteiger charge is 2.18. The van der Waals surface area contributed by atoms with Gasteiger partial charge in [-0.1, -0.05) is 12.1 Å². The van der Waals surface area contributed by atoms with Gasteiger partial charge in [-0.15, -0.1) is 0 Å². The van der Waals surface area contributed by atoms with Crippen LogP contribution in [0.5, 0.6) is 0 Å². The van der Waals surface area contributed by atoms with Crippen molar-refractivity contribution in [2.75, 3.05) is 14.2 Å². The van der Waals surface area contributed by atoms with Crippen molar-refractivity contribution >= 4 is 16.9 Å². The molecule has 0 spiro atoms. The van der Waals surface area contributed by atoms with Crippen LogP contribution < -0.4 is 5.32 Å². The van der Waals surface area contributed by atoms with Crippen LogP contribution in [0.3, 0.4) is 0 Å². The molecule has 0 saturated carbocycles. The summed E-state index contributed by atoms with van der Waals surface area (Å²) in [5.74, 6) is -1.31. The van der Waals surface area contributed by atoms with E-state index in [1.54, 1.807) is 25.2 Å². The van der Waals surface area contributed by atoms with Crippen molar-refractivity contribution in [1.29, 1.82) is 0 Å². The fourth-order valence-electron chi connectivity index (χ4n) is 2.55. The maximum Gasteiger partial charge on any atom is 0.341 e. The van der Waals surface area contributed by atoms with Crippen molar-refractivity contribution in [3.63, 3.8) is 0 Å². The number of fused-ring (bicyclic) bond motifs is 1. The number of carbonyl (C=O) groups is 1. The Kier molecular flexibility index (Phi) is 4.31. The average molecular weight is 331 g/mol. The van der Waals surface area contributed by atoms with Crippen LogP contribution in [0.1, 0.15) is 15.9 Å². The Morgan fingerprint density at radius 2 is 2.00 bits per heavy atom. The van der Waals surface area contributed by atoms with E-state index in [0.29, 0.717) is 28.8 Å². The second-order valence-electron chi connectivity index (χ2n) is 5.31. The summed E-state index contributed by atoms with van der Waals surface area (Å²) in [5, 5.41) is 3.29. The van der Waals surface area contributed by atoms with Gasteiger partial charge in [0.25, 0.3) is 0 Å². The third kappa shape index (κ3) is 2.88. The molecule has 1 heterocycles. The van der Waals surface area contributed by atoms with Crippen molar-refractivity contribution in [2.45, 2.75) is 6.54 Å². The molecule has 3 aromatic rings. The lowest BCUT2D eigenvalue weighted by Crippen LogP contribution is -2.06. The molecule has 1 aromatic heterocycles. The largest absolute Gasteiger partial charge is 0.465 e. The predicted molar refractivity (Wildman–Crippen MR) is 85.7 cm³/mol. The Balaban J connectivity index is 2.11. The zero-order valence-electron chi connectivity index (χ0n) is 13.2. The molecule has 24 heavy (non-hydrogen) atoms. The number of esters is 1. The molecule has 0 atom stereocenters. The highest BCUT2D eigenvalue weighted by Crippen LogP contribution is 2.31. The molecule has 0 unspecified atom stereocenters. The number of rotatable bonds is 4. The van der Waals surface area contributed by atoms with Crippen molar-refractivity contribution in [3.8, 4) is 11.3 Å². The minimum atomic E-state index is -0.698. The minimum absolute atomic E-state index is 0.00831. The molecule has 0 aliphatic carbocycles. The molecule has 2 aromatic carbocycles. The molecule has 124 valence electrons. The normalized spacial score (nSPS) is 11.0. The number of halogens is 2. The van der Waals surface area contributed by atoms with Gasteiger partial charge in [0.15, 0.2) is 0 Å². The van der Waals surface area contributed by atoms with Crippen molar-refractivity contribution in [3.05, 3.63) is 59.2 Å². The quantitative estimate of drug-likeness (QED) is 0.737. The van der Waals surface area contributed by atoms with Crippen LogP contribution in [0.2, 0.25) is 0 Å². The van der Waals surface area contributed by atoms with Crippen molar-refractivity contribution in [2.24, 2.45) is 0 Å². The number of nitrogens with one attached hydrogen (secondary N) is 1. The molecule has 0 bridgehead atoms. The number of hydrogen-bond donors (Lipinski definition) is 1. The van der Waals surface area contributed by atoms with Gasteiger partial charge in [-0.2, -0.15) is 0 Å². The number of methoxy groups -OCH3 is 1. The van der Waals surface area contributed by atoms with E-state index in [1.165, 1.54) is 19.2 Å². The number of carbonyl (C=O) groups excluding carboxylic acids is 1. The Labute approximate surface area is 137 Å². The Hall–Kier alpha value is -2.73. The topological polar surface area (TPSA) is 51.5 Å². The fraction of sp³-hybridized carbons (Fsp3) is 0.167. The highest BCUT2D eigenvalue weighted by molar-refractivity contribution is 6.03. The van der Waals surface area contributed by atoms with Crippen LogP contribution >= 0.6 is 0 Å². The minimum Gasteiger partial charge on any atom is -0.465 e. The lowest BCUT2D eigenvalue weighted by atomic mass is 10.1. The van der Waals surface area contributed by atoms with E-state index < -0.39 is 11.8 Å². The number of ether oxygens (including phenoxy) is 1. The molecule has 4 nitrogen and oxygen atoms in total. The molecular formula is C18H15F2NO3. The molecule has 0 amide bonds. The van der Waals surface area contributed by atoms with E-state index in [0.717, 1.165) is 6.07 Å². The van der Waals surface area contributed by atoms with E-state index in [-0.39, 0.29) is 17.0 Å². The third-order valence-electron chi connectivity index (χ3n) is 3.69. The van der Waals surface area contributed by atoms with E-state index in [2.05, 4.69) is 10.1 Å². The van der Waals surface area contributed by atoms with Gasteiger partial charge in [0.1, 0.15) is 28.5 Å². The van der Waals surface area contributed by atoms with Crippen molar-refractivity contribution in [1.82, 2.24) is 5.32 Å². The van der Waals surface area contributed by atoms with Gasteiger partial charge in [-0.3, -0.25) is 0 Å². The van der Waals surface area contributed by atoms with Gasteiger partial charge in [0, 0.05) is 23.1 Å². The second kappa shape index (κ2) is 6.41. The second-order valence-corrected chi connectivity index (χ2v) is 5.31. The molecular weight excluding hydrogens is 316 g/mol. The summed E-state index contributed by atoms with van der Waals surface area (Å²) >= 11 is 0. The number of hydrogen-bond acceptors (Lipinski definition) is 4. The Bertz CT molecular complexity index is 918. The van der Waals surface area contributed by atoms with Gasteiger partial charge >= 0.3 is 5.97 Å². The highest BCUT2D eigenvalue weighted by atomic mass is 19.1. The summed E-state index contributed by atoms with van der Waals surface area (Å²) in [6.45, 7) is 0.407. The first-order valence-electron chi connectivity index (χ1n) is 7.28. The average Bonchev–Trinajstić information content (AvgIpc) is 2.99. The summed E-state index contributed by atoms with van der Waals surface area (Å²) in [4.78, 5) is 11.8. The number of benzene rings is 2. The fourth-order valence-corrected chi connectivity index (χ4v) is 2.55. The first-order valence-corrected chi connectivity index (χ1v) is 7.28. The van der Waals surface area contributed by atoms with Gasteiger partial charge in [0.05, 0.1) is 7.11 Å². The summed E-state index contributed by atoms with van der Waals surface area (Å²) in [6.07, 6.45) is 0. The van der Waals surface area contributed by atoms with Gasteiger partial charge in [-0.05, 0) is 31.3 Å². The SMILES string of the molecule is CNCc1ccc(-c2cc3cc(F)cc(C(=O)OC)c3o2)cc1F. The van der Waals surface area contributed by atoms with Gasteiger partial charge < -0.3 is 14.5 Å². The summed E-state index contributed by atoms with van der Waals surface area (Å²) in [7, 11) is 2.94. The monoisotopic (exact) mass is 331 g/mol. The van der Waals surface area contributed by atoms with Crippen LogP contribution in [-0.4, -0.2) is 20.1 Å². The molecule has 0 radical (unpaired) electrons. The van der Waals surface area contributed by atoms with E-state index in [1.807, 2.05) is 0 Å². The van der Waals surface area contributed by atoms with Crippen LogP contribution in [0.15, 0.2) is 40.8 Å². The molecule has 0 saturated heterocycles. The Morgan fingerprint density at radius 1 is 1.21 bits per heavy atom. The standard InChI is InChI=1S/C18H15F2NO3/c1-21-9-11-4-3-10(6-15(11)20)16-7-12-5-13(19)8-14(17(12)24-16)18(22)23-2/h3-8,21H,9H2,1-2H3. The first kappa shape index (κ1) is 16.1. The van der Waals surface area contributed by atoms with Gasteiger partial charge in [0.2, 0.25) is 0 Å². The van der Waals surface area contributed by atoms with E-state index in [4.69, 9.17) is 4.42 Å². The third-order valence-corrected chi connectivity index (χ3v) is 3.69. The zero-order chi connectivity index (χ0) is 17.3. The molecule has 3 rings (SSSR count). The van der Waals surface area contributed by atoms with Gasteiger partial charge in [-0.25, -0.2) is 13.6 Å². The summed E-state index contributed by atoms with van der Waals surface area (Å²) < 4.78 is 38.1. The Morgan fingerprint density at radius 3 is 2.67 bits per heavy atom. The smallest absolute Gasteiger partial charge is 0.341 e. The molecule has 0 fully saturated rings. The van der Waals surface area contributed by atoms with Crippen LogP contribution in [-0.2, 0) is 11.3 Å². The van der Waals surface area contributed by atoms with E-state index >= 15 is 0 Å². The lowest BCUT2D eigenvalue weighted by Gasteiger charge is -2.04. The number of furan rings is 1. The maximum absolute atomic E-state index is 14.1. The zero-order valence-corrected chi connectivity index (χ0v) is 13.2.